The third-order valence-electron chi connectivity index (χ3n) is 9.74. The van der Waals surface area contributed by atoms with Gasteiger partial charge in [0.15, 0.2) is 0 Å². The number of likely N-dealkylation sites (tertiary alicyclic amines) is 1. The molecule has 1 fully saturated rings. The van der Waals surface area contributed by atoms with Crippen molar-refractivity contribution in [2.75, 3.05) is 39.3 Å². The smallest absolute Gasteiger partial charge is 0.316 e. The van der Waals surface area contributed by atoms with E-state index < -0.39 is 11.0 Å². The van der Waals surface area contributed by atoms with Gasteiger partial charge in [-0.1, -0.05) is 51.9 Å². The van der Waals surface area contributed by atoms with Crippen LogP contribution in [-0.4, -0.2) is 60.6 Å². The van der Waals surface area contributed by atoms with Crippen LogP contribution in [-0.2, 0) is 11.2 Å². The molecule has 0 N–H and O–H groups in total. The summed E-state index contributed by atoms with van der Waals surface area (Å²) in [6.07, 6.45) is 18.4. The Morgan fingerprint density at radius 1 is 1.12 bits per heavy atom. The molecule has 0 radical (unpaired) electrons. The number of nitrogens with zero attached hydrogens (tertiary/aromatic N) is 2. The van der Waals surface area contributed by atoms with Crippen LogP contribution < -0.4 is 9.47 Å². The summed E-state index contributed by atoms with van der Waals surface area (Å²) in [5, 5.41) is 0. The molecule has 3 aliphatic rings. The lowest BCUT2D eigenvalue weighted by Gasteiger charge is -2.42. The summed E-state index contributed by atoms with van der Waals surface area (Å²) in [7, 11) is 0. The van der Waals surface area contributed by atoms with Crippen LogP contribution >= 0.6 is 0 Å². The lowest BCUT2D eigenvalue weighted by molar-refractivity contribution is -0.144. The molecule has 42 heavy (non-hydrogen) atoms. The molecule has 232 valence electrons. The van der Waals surface area contributed by atoms with E-state index >= 15 is 0 Å². The summed E-state index contributed by atoms with van der Waals surface area (Å²) in [4.78, 5) is 18.6. The maximum absolute atomic E-state index is 13.8. The molecule has 1 atom stereocenters. The van der Waals surface area contributed by atoms with E-state index in [1.54, 1.807) is 0 Å². The number of piperidine rings is 1. The van der Waals surface area contributed by atoms with Gasteiger partial charge in [-0.15, -0.1) is 6.42 Å². The highest BCUT2D eigenvalue weighted by Gasteiger charge is 2.40. The molecule has 1 unspecified atom stereocenters. The second-order valence-electron chi connectivity index (χ2n) is 14.3. The molecular formula is C37H56N2O3. The second-order valence-corrected chi connectivity index (χ2v) is 14.3. The first-order valence-electron chi connectivity index (χ1n) is 16.7. The van der Waals surface area contributed by atoms with E-state index in [1.165, 1.54) is 61.7 Å². The van der Waals surface area contributed by atoms with Gasteiger partial charge in [0.25, 0.3) is 0 Å². The highest BCUT2D eigenvalue weighted by atomic mass is 16.5. The van der Waals surface area contributed by atoms with Gasteiger partial charge in [0, 0.05) is 13.1 Å². The number of aryl methyl sites for hydroxylation is 1. The van der Waals surface area contributed by atoms with Gasteiger partial charge < -0.3 is 14.4 Å². The number of carbonyl (C=O) groups is 1. The maximum atomic E-state index is 13.8. The Kier molecular flexibility index (Phi) is 11.2. The van der Waals surface area contributed by atoms with Crippen molar-refractivity contribution >= 4 is 11.5 Å². The Morgan fingerprint density at radius 2 is 1.88 bits per heavy atom. The van der Waals surface area contributed by atoms with Gasteiger partial charge in [-0.2, -0.15) is 0 Å². The Labute approximate surface area is 256 Å². The minimum Gasteiger partial charge on any atom is -0.483 e. The van der Waals surface area contributed by atoms with Gasteiger partial charge >= 0.3 is 5.97 Å². The molecule has 3 aliphatic heterocycles. The molecule has 1 saturated heterocycles. The molecule has 0 bridgehead atoms. The number of unbranched alkanes of at least 4 members (excludes halogenated alkanes) is 2. The zero-order chi connectivity index (χ0) is 30.3. The summed E-state index contributed by atoms with van der Waals surface area (Å²) >= 11 is 0. The van der Waals surface area contributed by atoms with Crippen LogP contribution in [0.15, 0.2) is 17.7 Å². The molecule has 5 heteroatoms. The fourth-order valence-corrected chi connectivity index (χ4v) is 6.82. The van der Waals surface area contributed by atoms with Crippen LogP contribution in [0.1, 0.15) is 117 Å². The first-order chi connectivity index (χ1) is 20.0. The van der Waals surface area contributed by atoms with E-state index in [9.17, 15) is 4.79 Å². The number of terminal acetylenes is 1. The molecule has 1 aromatic rings. The topological polar surface area (TPSA) is 42.0 Å². The average molecular weight is 577 g/mol. The highest BCUT2D eigenvalue weighted by molar-refractivity contribution is 5.86. The normalized spacial score (nSPS) is 19.8. The van der Waals surface area contributed by atoms with Gasteiger partial charge in [0.2, 0.25) is 0 Å². The number of hydrogen-bond acceptors (Lipinski definition) is 5. The summed E-state index contributed by atoms with van der Waals surface area (Å²) in [6.45, 7) is 18.5. The summed E-state index contributed by atoms with van der Waals surface area (Å²) < 4.78 is 13.2. The number of carbonyl (C=O) groups excluding carboxylic acids is 1. The number of rotatable bonds is 13. The van der Waals surface area contributed by atoms with Crippen molar-refractivity contribution in [1.29, 1.82) is 0 Å². The number of esters is 1. The number of benzene rings is 1. The Bertz CT molecular complexity index is 1150. The van der Waals surface area contributed by atoms with Crippen molar-refractivity contribution in [2.45, 2.75) is 118 Å². The predicted octanol–water partition coefficient (Wildman–Crippen LogP) is 7.91. The molecule has 0 saturated carbocycles. The number of fused-ring (bicyclic) bond motifs is 2. The van der Waals surface area contributed by atoms with Crippen LogP contribution in [0, 0.1) is 23.7 Å². The van der Waals surface area contributed by atoms with Crippen LogP contribution in [0.25, 0.3) is 5.57 Å². The first-order valence-corrected chi connectivity index (χ1v) is 16.7. The van der Waals surface area contributed by atoms with Crippen molar-refractivity contribution < 1.29 is 14.3 Å². The lowest BCUT2D eigenvalue weighted by atomic mass is 9.81. The third kappa shape index (κ3) is 8.20. The second kappa shape index (κ2) is 14.5. The summed E-state index contributed by atoms with van der Waals surface area (Å²) in [6, 6.07) is 4.33. The summed E-state index contributed by atoms with van der Waals surface area (Å²) in [5.41, 5.74) is 3.65. The molecule has 0 spiro atoms. The van der Waals surface area contributed by atoms with Gasteiger partial charge in [-0.3, -0.25) is 9.69 Å². The van der Waals surface area contributed by atoms with Crippen LogP contribution in [0.2, 0.25) is 0 Å². The number of hydrogen-bond donors (Lipinski definition) is 0. The van der Waals surface area contributed by atoms with Crippen molar-refractivity contribution in [3.05, 3.63) is 28.8 Å². The molecular weight excluding hydrogens is 520 g/mol. The van der Waals surface area contributed by atoms with Crippen molar-refractivity contribution in [2.24, 2.45) is 11.3 Å². The van der Waals surface area contributed by atoms with E-state index in [2.05, 4.69) is 55.5 Å². The molecule has 0 aliphatic carbocycles. The van der Waals surface area contributed by atoms with E-state index in [0.717, 1.165) is 69.7 Å². The largest absolute Gasteiger partial charge is 0.483 e. The zero-order valence-electron chi connectivity index (χ0n) is 27.4. The molecule has 0 aromatic heterocycles. The van der Waals surface area contributed by atoms with Crippen molar-refractivity contribution in [3.8, 4) is 23.8 Å². The van der Waals surface area contributed by atoms with E-state index in [0.29, 0.717) is 18.2 Å². The Balaban J connectivity index is 1.62. The molecule has 3 heterocycles. The quantitative estimate of drug-likeness (QED) is 0.103. The fourth-order valence-electron chi connectivity index (χ4n) is 6.82. The minimum atomic E-state index is -0.581. The molecule has 0 amide bonds. The highest BCUT2D eigenvalue weighted by Crippen LogP contribution is 2.49. The average Bonchev–Trinajstić information content (AvgIpc) is 2.95. The molecule has 4 rings (SSSR count). The van der Waals surface area contributed by atoms with E-state index in [1.807, 2.05) is 13.8 Å². The van der Waals surface area contributed by atoms with Crippen LogP contribution in [0.3, 0.4) is 0 Å². The number of ether oxygens (including phenoxy) is 2. The van der Waals surface area contributed by atoms with Gasteiger partial charge in [-0.05, 0) is 121 Å². The lowest BCUT2D eigenvalue weighted by Crippen LogP contribution is -2.42. The molecule has 5 nitrogen and oxygen atoms in total. The third-order valence-corrected chi connectivity index (χ3v) is 9.74. The monoisotopic (exact) mass is 576 g/mol. The predicted molar refractivity (Wildman–Crippen MR) is 174 cm³/mol. The van der Waals surface area contributed by atoms with Crippen molar-refractivity contribution in [1.82, 2.24) is 9.80 Å². The first kappa shape index (κ1) is 32.6. The van der Waals surface area contributed by atoms with Crippen molar-refractivity contribution in [3.63, 3.8) is 0 Å². The van der Waals surface area contributed by atoms with Gasteiger partial charge in [-0.25, -0.2) is 0 Å². The van der Waals surface area contributed by atoms with Gasteiger partial charge in [0.1, 0.15) is 17.1 Å². The Hall–Kier alpha value is -2.29. The van der Waals surface area contributed by atoms with E-state index in [-0.39, 0.29) is 5.97 Å². The van der Waals surface area contributed by atoms with Crippen LogP contribution in [0.5, 0.6) is 11.5 Å². The van der Waals surface area contributed by atoms with E-state index in [4.69, 9.17) is 15.9 Å². The van der Waals surface area contributed by atoms with Crippen LogP contribution in [0.4, 0.5) is 0 Å². The summed E-state index contributed by atoms with van der Waals surface area (Å²) in [5.74, 6) is 4.82. The standard InChI is InChI=1S/C37H56N2O3/c1-8-10-12-15-28(3)16-17-29-25-32(41-35(40)36(4,5)19-24-38-21-13-11-14-22-38)34-30-27-39(20-9-2)23-18-31(30)37(6,7)42-33(34)26-29/h2,25-26,28H,8,10-24,27H2,1,3-7H3. The Morgan fingerprint density at radius 3 is 2.60 bits per heavy atom. The zero-order valence-corrected chi connectivity index (χ0v) is 27.4. The fraction of sp³-hybridized carbons (Fsp3) is 0.703. The van der Waals surface area contributed by atoms with Gasteiger partial charge in [0.05, 0.1) is 17.5 Å². The SMILES string of the molecule is C#CCN1CCC2=C(C1)c1c(OC(=O)C(C)(C)CCN3CCCCC3)cc(CCC(C)CCCCC)cc1OC2(C)C. The molecule has 1 aromatic carbocycles. The minimum absolute atomic E-state index is 0.157. The maximum Gasteiger partial charge on any atom is 0.316 e.